The molecule has 6 nitrogen and oxygen atoms in total. The first kappa shape index (κ1) is 17.2. The molecule has 0 saturated carbocycles. The predicted octanol–water partition coefficient (Wildman–Crippen LogP) is 3.48. The second-order valence-electron chi connectivity index (χ2n) is 6.58. The van der Waals surface area contributed by atoms with Crippen molar-refractivity contribution in [1.82, 2.24) is 10.2 Å². The number of likely N-dealkylation sites (tertiary alicyclic amines) is 1. The molecule has 2 amide bonds. The van der Waals surface area contributed by atoms with Crippen LogP contribution in [0.4, 0.5) is 10.5 Å². The van der Waals surface area contributed by atoms with Crippen molar-refractivity contribution in [2.24, 2.45) is 0 Å². The predicted molar refractivity (Wildman–Crippen MR) is 102 cm³/mol. The lowest BCUT2D eigenvalue weighted by Gasteiger charge is -2.31. The number of thiophene rings is 1. The van der Waals surface area contributed by atoms with Crippen LogP contribution in [0.5, 0.6) is 11.5 Å². The van der Waals surface area contributed by atoms with Crippen LogP contribution < -0.4 is 20.1 Å². The summed E-state index contributed by atoms with van der Waals surface area (Å²) in [7, 11) is 0. The maximum absolute atomic E-state index is 12.1. The Labute approximate surface area is 157 Å². The van der Waals surface area contributed by atoms with Gasteiger partial charge in [-0.15, -0.1) is 11.3 Å². The van der Waals surface area contributed by atoms with E-state index in [9.17, 15) is 4.79 Å². The van der Waals surface area contributed by atoms with Crippen LogP contribution in [-0.2, 0) is 0 Å². The van der Waals surface area contributed by atoms with Gasteiger partial charge in [0.1, 0.15) is 0 Å². The van der Waals surface area contributed by atoms with E-state index >= 15 is 0 Å². The van der Waals surface area contributed by atoms with Gasteiger partial charge in [0.15, 0.2) is 11.5 Å². The number of carbonyl (C=O) groups excluding carboxylic acids is 1. The SMILES string of the molecule is O=C(NCCN1CCC(c2cccs2)CC1)Nc1ccc2c(c1)OCO2. The fraction of sp³-hybridized carbons (Fsp3) is 0.421. The van der Waals surface area contributed by atoms with E-state index in [0.29, 0.717) is 29.6 Å². The zero-order valence-electron chi connectivity index (χ0n) is 14.6. The van der Waals surface area contributed by atoms with E-state index in [2.05, 4.69) is 33.0 Å². The molecule has 1 fully saturated rings. The molecule has 1 saturated heterocycles. The normalized spacial score (nSPS) is 17.2. The maximum atomic E-state index is 12.1. The number of amides is 2. The van der Waals surface area contributed by atoms with E-state index in [-0.39, 0.29) is 12.8 Å². The highest BCUT2D eigenvalue weighted by Gasteiger charge is 2.21. The summed E-state index contributed by atoms with van der Waals surface area (Å²) in [6.45, 7) is 3.93. The van der Waals surface area contributed by atoms with Crippen LogP contribution in [0.25, 0.3) is 0 Å². The number of rotatable bonds is 5. The van der Waals surface area contributed by atoms with E-state index in [4.69, 9.17) is 9.47 Å². The van der Waals surface area contributed by atoms with Crippen molar-refractivity contribution in [3.63, 3.8) is 0 Å². The second kappa shape index (κ2) is 7.97. The number of nitrogens with zero attached hydrogens (tertiary/aromatic N) is 1. The van der Waals surface area contributed by atoms with E-state index in [1.165, 1.54) is 17.7 Å². The minimum absolute atomic E-state index is 0.197. The summed E-state index contributed by atoms with van der Waals surface area (Å²) in [5, 5.41) is 7.91. The van der Waals surface area contributed by atoms with Crippen LogP contribution in [0.3, 0.4) is 0 Å². The number of urea groups is 1. The Kier molecular flexibility index (Phi) is 5.26. The number of hydrogen-bond donors (Lipinski definition) is 2. The van der Waals surface area contributed by atoms with Crippen molar-refractivity contribution in [1.29, 1.82) is 0 Å². The molecule has 7 heteroatoms. The number of benzene rings is 1. The topological polar surface area (TPSA) is 62.8 Å². The van der Waals surface area contributed by atoms with E-state index in [0.717, 1.165) is 19.6 Å². The first-order chi connectivity index (χ1) is 12.8. The summed E-state index contributed by atoms with van der Waals surface area (Å²) in [6.07, 6.45) is 2.40. The van der Waals surface area contributed by atoms with Crippen molar-refractivity contribution >= 4 is 23.1 Å². The van der Waals surface area contributed by atoms with Crippen LogP contribution in [0.15, 0.2) is 35.7 Å². The van der Waals surface area contributed by atoms with Gasteiger partial charge in [0.2, 0.25) is 6.79 Å². The number of anilines is 1. The summed E-state index contributed by atoms with van der Waals surface area (Å²) in [6, 6.07) is 9.56. The van der Waals surface area contributed by atoms with Gasteiger partial charge in [-0.25, -0.2) is 4.79 Å². The van der Waals surface area contributed by atoms with Crippen LogP contribution >= 0.6 is 11.3 Å². The van der Waals surface area contributed by atoms with Crippen molar-refractivity contribution < 1.29 is 14.3 Å². The fourth-order valence-electron chi connectivity index (χ4n) is 3.44. The lowest BCUT2D eigenvalue weighted by molar-refractivity contribution is 0.174. The Morgan fingerprint density at radius 3 is 2.85 bits per heavy atom. The zero-order valence-corrected chi connectivity index (χ0v) is 15.4. The quantitative estimate of drug-likeness (QED) is 0.842. The Morgan fingerprint density at radius 1 is 1.19 bits per heavy atom. The molecule has 1 aromatic heterocycles. The Balaban J connectivity index is 1.16. The Hall–Kier alpha value is -2.25. The molecule has 0 unspecified atom stereocenters. The summed E-state index contributed by atoms with van der Waals surface area (Å²) in [4.78, 5) is 16.0. The molecule has 26 heavy (non-hydrogen) atoms. The molecule has 138 valence electrons. The molecule has 0 spiro atoms. The summed E-state index contributed by atoms with van der Waals surface area (Å²) >= 11 is 1.86. The molecule has 0 bridgehead atoms. The molecule has 2 aliphatic rings. The van der Waals surface area contributed by atoms with Crippen LogP contribution in [0, 0.1) is 0 Å². The van der Waals surface area contributed by atoms with Crippen LogP contribution in [0.2, 0.25) is 0 Å². The summed E-state index contributed by atoms with van der Waals surface area (Å²) in [5.41, 5.74) is 0.698. The highest BCUT2D eigenvalue weighted by molar-refractivity contribution is 7.10. The van der Waals surface area contributed by atoms with Gasteiger partial charge in [0.25, 0.3) is 0 Å². The Bertz CT molecular complexity index is 742. The number of fused-ring (bicyclic) bond motifs is 1. The van der Waals surface area contributed by atoms with E-state index < -0.39 is 0 Å². The fourth-order valence-corrected chi connectivity index (χ4v) is 4.34. The van der Waals surface area contributed by atoms with Crippen LogP contribution in [0.1, 0.15) is 23.6 Å². The minimum atomic E-state index is -0.197. The highest BCUT2D eigenvalue weighted by Crippen LogP contribution is 2.34. The third kappa shape index (κ3) is 4.11. The molecular weight excluding hydrogens is 350 g/mol. The summed E-state index contributed by atoms with van der Waals surface area (Å²) < 4.78 is 10.6. The van der Waals surface area contributed by atoms with Gasteiger partial charge < -0.3 is 25.0 Å². The lowest BCUT2D eigenvalue weighted by atomic mass is 9.95. The first-order valence-corrected chi connectivity index (χ1v) is 9.86. The molecule has 4 rings (SSSR count). The van der Waals surface area contributed by atoms with Crippen LogP contribution in [-0.4, -0.2) is 43.9 Å². The van der Waals surface area contributed by atoms with Gasteiger partial charge in [-0.2, -0.15) is 0 Å². The number of nitrogens with one attached hydrogen (secondary N) is 2. The number of piperidine rings is 1. The lowest BCUT2D eigenvalue weighted by Crippen LogP contribution is -2.40. The number of hydrogen-bond acceptors (Lipinski definition) is 5. The van der Waals surface area contributed by atoms with Gasteiger partial charge in [-0.05, 0) is 55.4 Å². The van der Waals surface area contributed by atoms with Gasteiger partial charge in [-0.3, -0.25) is 0 Å². The number of carbonyl (C=O) groups is 1. The first-order valence-electron chi connectivity index (χ1n) is 8.98. The molecule has 0 radical (unpaired) electrons. The molecule has 2 aromatic rings. The highest BCUT2D eigenvalue weighted by atomic mass is 32.1. The van der Waals surface area contributed by atoms with Gasteiger partial charge in [-0.1, -0.05) is 6.07 Å². The average molecular weight is 373 g/mol. The van der Waals surface area contributed by atoms with E-state index in [1.807, 2.05) is 17.4 Å². The Morgan fingerprint density at radius 2 is 2.04 bits per heavy atom. The molecule has 0 aliphatic carbocycles. The van der Waals surface area contributed by atoms with Crippen molar-refractivity contribution in [2.75, 3.05) is 38.3 Å². The third-order valence-corrected chi connectivity index (χ3v) is 5.91. The smallest absolute Gasteiger partial charge is 0.319 e. The van der Waals surface area contributed by atoms with E-state index in [1.54, 1.807) is 12.1 Å². The monoisotopic (exact) mass is 373 g/mol. The molecule has 0 atom stereocenters. The van der Waals surface area contributed by atoms with Gasteiger partial charge in [0, 0.05) is 29.7 Å². The standard InChI is InChI=1S/C19H23N3O3S/c23-19(21-15-3-4-16-17(12-15)25-13-24-16)20-7-10-22-8-5-14(6-9-22)18-2-1-11-26-18/h1-4,11-12,14H,5-10,13H2,(H2,20,21,23). The van der Waals surface area contributed by atoms with Crippen molar-refractivity contribution in [3.8, 4) is 11.5 Å². The van der Waals surface area contributed by atoms with Crippen molar-refractivity contribution in [2.45, 2.75) is 18.8 Å². The molecule has 2 aliphatic heterocycles. The van der Waals surface area contributed by atoms with Gasteiger partial charge >= 0.3 is 6.03 Å². The minimum Gasteiger partial charge on any atom is -0.454 e. The molecule has 3 heterocycles. The molecule has 1 aromatic carbocycles. The third-order valence-electron chi connectivity index (χ3n) is 4.88. The maximum Gasteiger partial charge on any atom is 0.319 e. The molecule has 2 N–H and O–H groups in total. The second-order valence-corrected chi connectivity index (χ2v) is 7.56. The number of ether oxygens (including phenoxy) is 2. The average Bonchev–Trinajstić information content (AvgIpc) is 3.34. The molecular formula is C19H23N3O3S. The van der Waals surface area contributed by atoms with Gasteiger partial charge in [0.05, 0.1) is 0 Å². The largest absolute Gasteiger partial charge is 0.454 e. The van der Waals surface area contributed by atoms with Crippen molar-refractivity contribution in [3.05, 3.63) is 40.6 Å². The summed E-state index contributed by atoms with van der Waals surface area (Å²) in [5.74, 6) is 2.08. The zero-order chi connectivity index (χ0) is 17.8.